The average Bonchev–Trinajstić information content (AvgIpc) is 2.52. The molecular weight excluding hydrogens is 246 g/mol. The summed E-state index contributed by atoms with van der Waals surface area (Å²) in [6.45, 7) is 0.256. The van der Waals surface area contributed by atoms with Gasteiger partial charge in [0.25, 0.3) is 5.91 Å². The van der Waals surface area contributed by atoms with Crippen molar-refractivity contribution in [2.45, 2.75) is 12.8 Å². The van der Waals surface area contributed by atoms with Gasteiger partial charge < -0.3 is 5.32 Å². The summed E-state index contributed by atoms with van der Waals surface area (Å²) >= 11 is 0. The second kappa shape index (κ2) is 7.16. The molecule has 0 aromatic heterocycles. The number of aryl methyl sites for hydroxylation is 2. The molecule has 0 fully saturated rings. The lowest BCUT2D eigenvalue weighted by atomic mass is 9.99. The summed E-state index contributed by atoms with van der Waals surface area (Å²) < 4.78 is 0. The molecule has 0 saturated heterocycles. The number of amides is 1. The van der Waals surface area contributed by atoms with E-state index in [1.165, 1.54) is 5.56 Å². The van der Waals surface area contributed by atoms with E-state index in [0.29, 0.717) is 5.56 Å². The van der Waals surface area contributed by atoms with Crippen LogP contribution in [0.5, 0.6) is 0 Å². The van der Waals surface area contributed by atoms with E-state index in [2.05, 4.69) is 23.4 Å². The molecule has 0 saturated carbocycles. The standard InChI is InChI=1S/C18H17NO/c1-2-14-19-18(20)17-11-7-6-10-16(17)13-12-15-8-4-3-5-9-15/h1,3-11H,12-14H2,(H,19,20). The van der Waals surface area contributed by atoms with E-state index >= 15 is 0 Å². The van der Waals surface area contributed by atoms with Gasteiger partial charge in [-0.1, -0.05) is 54.5 Å². The Labute approximate surface area is 119 Å². The minimum atomic E-state index is -0.105. The molecule has 0 atom stereocenters. The molecule has 0 unspecified atom stereocenters. The largest absolute Gasteiger partial charge is 0.341 e. The average molecular weight is 263 g/mol. The van der Waals surface area contributed by atoms with E-state index in [1.54, 1.807) is 0 Å². The molecule has 0 spiro atoms. The lowest BCUT2D eigenvalue weighted by Gasteiger charge is -2.09. The minimum Gasteiger partial charge on any atom is -0.341 e. The van der Waals surface area contributed by atoms with E-state index in [4.69, 9.17) is 6.42 Å². The zero-order chi connectivity index (χ0) is 14.2. The Morgan fingerprint density at radius 3 is 2.45 bits per heavy atom. The normalized spacial score (nSPS) is 9.75. The van der Waals surface area contributed by atoms with Gasteiger partial charge in [-0.3, -0.25) is 4.79 Å². The van der Waals surface area contributed by atoms with Crippen LogP contribution in [-0.2, 0) is 12.8 Å². The fraction of sp³-hybridized carbons (Fsp3) is 0.167. The Balaban J connectivity index is 2.08. The van der Waals surface area contributed by atoms with Crippen LogP contribution in [0.15, 0.2) is 54.6 Å². The van der Waals surface area contributed by atoms with E-state index in [1.807, 2.05) is 42.5 Å². The van der Waals surface area contributed by atoms with Crippen molar-refractivity contribution in [3.63, 3.8) is 0 Å². The summed E-state index contributed by atoms with van der Waals surface area (Å²) in [5.74, 6) is 2.31. The first kappa shape index (κ1) is 13.9. The predicted molar refractivity (Wildman–Crippen MR) is 81.5 cm³/mol. The monoisotopic (exact) mass is 263 g/mol. The van der Waals surface area contributed by atoms with Gasteiger partial charge in [-0.2, -0.15) is 0 Å². The molecule has 2 rings (SSSR count). The fourth-order valence-corrected chi connectivity index (χ4v) is 2.11. The van der Waals surface area contributed by atoms with E-state index < -0.39 is 0 Å². The SMILES string of the molecule is C#CCNC(=O)c1ccccc1CCc1ccccc1. The Morgan fingerprint density at radius 2 is 1.70 bits per heavy atom. The number of hydrogen-bond donors (Lipinski definition) is 1. The van der Waals surface area contributed by atoms with Gasteiger partial charge in [0.15, 0.2) is 0 Å². The summed E-state index contributed by atoms with van der Waals surface area (Å²) in [7, 11) is 0. The first-order valence-electron chi connectivity index (χ1n) is 6.65. The molecule has 20 heavy (non-hydrogen) atoms. The molecule has 2 aromatic carbocycles. The third-order valence-electron chi connectivity index (χ3n) is 3.14. The van der Waals surface area contributed by atoms with E-state index in [9.17, 15) is 4.79 Å². The molecule has 0 aliphatic heterocycles. The number of carbonyl (C=O) groups excluding carboxylic acids is 1. The maximum Gasteiger partial charge on any atom is 0.252 e. The number of benzene rings is 2. The molecule has 0 radical (unpaired) electrons. The maximum absolute atomic E-state index is 12.0. The number of rotatable bonds is 5. The second-order valence-electron chi connectivity index (χ2n) is 4.53. The Morgan fingerprint density at radius 1 is 1.00 bits per heavy atom. The first-order chi connectivity index (χ1) is 9.81. The molecule has 2 aromatic rings. The summed E-state index contributed by atoms with van der Waals surface area (Å²) in [5.41, 5.74) is 3.02. The van der Waals surface area contributed by atoms with Crippen molar-refractivity contribution in [2.24, 2.45) is 0 Å². The Bertz CT molecular complexity index is 611. The molecule has 2 heteroatoms. The second-order valence-corrected chi connectivity index (χ2v) is 4.53. The molecule has 2 nitrogen and oxygen atoms in total. The van der Waals surface area contributed by atoms with Crippen LogP contribution in [0.2, 0.25) is 0 Å². The van der Waals surface area contributed by atoms with Gasteiger partial charge in [0, 0.05) is 5.56 Å². The quantitative estimate of drug-likeness (QED) is 0.826. The zero-order valence-electron chi connectivity index (χ0n) is 11.3. The molecule has 0 bridgehead atoms. The third-order valence-corrected chi connectivity index (χ3v) is 3.14. The predicted octanol–water partition coefficient (Wildman–Crippen LogP) is 2.83. The minimum absolute atomic E-state index is 0.105. The number of terminal acetylenes is 1. The third kappa shape index (κ3) is 3.73. The molecule has 0 aliphatic carbocycles. The zero-order valence-corrected chi connectivity index (χ0v) is 11.3. The summed E-state index contributed by atoms with van der Waals surface area (Å²) in [6.07, 6.45) is 6.92. The van der Waals surface area contributed by atoms with Gasteiger partial charge >= 0.3 is 0 Å². The van der Waals surface area contributed by atoms with Crippen LogP contribution in [0.3, 0.4) is 0 Å². The topological polar surface area (TPSA) is 29.1 Å². The molecule has 0 aliphatic rings. The highest BCUT2D eigenvalue weighted by Crippen LogP contribution is 2.12. The van der Waals surface area contributed by atoms with E-state index in [-0.39, 0.29) is 12.5 Å². The highest BCUT2D eigenvalue weighted by Gasteiger charge is 2.09. The molecule has 100 valence electrons. The number of carbonyl (C=O) groups is 1. The van der Waals surface area contributed by atoms with Crippen molar-refractivity contribution in [1.29, 1.82) is 0 Å². The van der Waals surface area contributed by atoms with Crippen LogP contribution in [0.4, 0.5) is 0 Å². The summed E-state index contributed by atoms with van der Waals surface area (Å²) in [4.78, 5) is 12.0. The van der Waals surface area contributed by atoms with Gasteiger partial charge in [0.2, 0.25) is 0 Å². The van der Waals surface area contributed by atoms with Crippen molar-refractivity contribution in [2.75, 3.05) is 6.54 Å². The van der Waals surface area contributed by atoms with Gasteiger partial charge in [0.1, 0.15) is 0 Å². The highest BCUT2D eigenvalue weighted by molar-refractivity contribution is 5.95. The van der Waals surface area contributed by atoms with Crippen LogP contribution >= 0.6 is 0 Å². The van der Waals surface area contributed by atoms with Crippen molar-refractivity contribution < 1.29 is 4.79 Å². The van der Waals surface area contributed by atoms with Gasteiger partial charge in [-0.05, 0) is 30.0 Å². The highest BCUT2D eigenvalue weighted by atomic mass is 16.1. The Hall–Kier alpha value is -2.53. The lowest BCUT2D eigenvalue weighted by Crippen LogP contribution is -2.24. The fourth-order valence-electron chi connectivity index (χ4n) is 2.11. The Kier molecular flexibility index (Phi) is 4.97. The van der Waals surface area contributed by atoms with Gasteiger partial charge in [-0.15, -0.1) is 6.42 Å². The van der Waals surface area contributed by atoms with Crippen molar-refractivity contribution >= 4 is 5.91 Å². The molecule has 0 heterocycles. The van der Waals surface area contributed by atoms with Gasteiger partial charge in [0.05, 0.1) is 6.54 Å². The number of nitrogens with one attached hydrogen (secondary N) is 1. The maximum atomic E-state index is 12.0. The number of hydrogen-bond acceptors (Lipinski definition) is 1. The van der Waals surface area contributed by atoms with Crippen LogP contribution in [0.25, 0.3) is 0 Å². The van der Waals surface area contributed by atoms with Crippen LogP contribution < -0.4 is 5.32 Å². The summed E-state index contributed by atoms with van der Waals surface area (Å²) in [6, 6.07) is 17.9. The summed E-state index contributed by atoms with van der Waals surface area (Å²) in [5, 5.41) is 2.71. The van der Waals surface area contributed by atoms with Gasteiger partial charge in [-0.25, -0.2) is 0 Å². The molecule has 1 amide bonds. The smallest absolute Gasteiger partial charge is 0.252 e. The van der Waals surface area contributed by atoms with Crippen LogP contribution in [0.1, 0.15) is 21.5 Å². The molecule has 1 N–H and O–H groups in total. The van der Waals surface area contributed by atoms with E-state index in [0.717, 1.165) is 18.4 Å². The van der Waals surface area contributed by atoms with Crippen molar-refractivity contribution in [3.8, 4) is 12.3 Å². The van der Waals surface area contributed by atoms with Crippen molar-refractivity contribution in [3.05, 3.63) is 71.3 Å². The van der Waals surface area contributed by atoms with Crippen LogP contribution in [0, 0.1) is 12.3 Å². The lowest BCUT2D eigenvalue weighted by molar-refractivity contribution is 0.0958. The van der Waals surface area contributed by atoms with Crippen molar-refractivity contribution in [1.82, 2.24) is 5.32 Å². The van der Waals surface area contributed by atoms with Crippen LogP contribution in [-0.4, -0.2) is 12.5 Å². The molecular formula is C18H17NO. The first-order valence-corrected chi connectivity index (χ1v) is 6.65.